The molecule has 0 bridgehead atoms. The molecule has 2 aromatic carbocycles. The number of carboxylic acids is 1. The Hall–Kier alpha value is -3.04. The second kappa shape index (κ2) is 8.24. The van der Waals surface area contributed by atoms with Crippen molar-refractivity contribution in [2.75, 3.05) is 0 Å². The SMILES string of the molecule is O=C(O)Cc1csc2cc(OCc3cc(-c4ccc(C(F)(F)F)cc4)on3)cc(Cl)c12. The molecule has 2 aromatic heterocycles. The number of rotatable bonds is 6. The number of aliphatic carboxylic acids is 1. The fourth-order valence-corrected chi connectivity index (χ4v) is 4.43. The lowest BCUT2D eigenvalue weighted by molar-refractivity contribution is -0.138. The van der Waals surface area contributed by atoms with Crippen LogP contribution in [0.3, 0.4) is 0 Å². The quantitative estimate of drug-likeness (QED) is 0.353. The van der Waals surface area contributed by atoms with Crippen LogP contribution in [0.4, 0.5) is 13.2 Å². The summed E-state index contributed by atoms with van der Waals surface area (Å²) >= 11 is 7.69. The van der Waals surface area contributed by atoms with Crippen LogP contribution in [0.1, 0.15) is 16.8 Å². The highest BCUT2D eigenvalue weighted by Crippen LogP contribution is 2.36. The van der Waals surface area contributed by atoms with Crippen molar-refractivity contribution in [3.05, 3.63) is 69.7 Å². The smallest absolute Gasteiger partial charge is 0.416 e. The van der Waals surface area contributed by atoms with Crippen LogP contribution in [0.5, 0.6) is 5.75 Å². The van der Waals surface area contributed by atoms with Crippen molar-refractivity contribution < 1.29 is 32.3 Å². The molecule has 0 spiro atoms. The van der Waals surface area contributed by atoms with E-state index in [-0.39, 0.29) is 13.0 Å². The second-order valence-electron chi connectivity index (χ2n) is 6.66. The number of benzene rings is 2. The van der Waals surface area contributed by atoms with Gasteiger partial charge in [-0.1, -0.05) is 28.9 Å². The highest BCUT2D eigenvalue weighted by atomic mass is 35.5. The molecule has 4 rings (SSSR count). The molecule has 2 heterocycles. The minimum atomic E-state index is -4.40. The third-order valence-electron chi connectivity index (χ3n) is 4.46. The van der Waals surface area contributed by atoms with E-state index in [1.165, 1.54) is 23.5 Å². The molecule has 1 N–H and O–H groups in total. The molecule has 0 aliphatic heterocycles. The average molecular weight is 468 g/mol. The third-order valence-corrected chi connectivity index (χ3v) is 5.74. The molecule has 10 heteroatoms. The topological polar surface area (TPSA) is 72.6 Å². The lowest BCUT2D eigenvalue weighted by Gasteiger charge is -2.06. The summed E-state index contributed by atoms with van der Waals surface area (Å²) < 4.78 is 49.8. The summed E-state index contributed by atoms with van der Waals surface area (Å²) in [5.41, 5.74) is 0.804. The largest absolute Gasteiger partial charge is 0.487 e. The summed E-state index contributed by atoms with van der Waals surface area (Å²) in [6, 6.07) is 9.52. The maximum atomic E-state index is 12.7. The zero-order chi connectivity index (χ0) is 22.2. The Kier molecular flexibility index (Phi) is 5.63. The molecule has 0 fully saturated rings. The van der Waals surface area contributed by atoms with Gasteiger partial charge in [-0.05, 0) is 35.2 Å². The molecule has 0 saturated heterocycles. The first-order valence-electron chi connectivity index (χ1n) is 8.88. The Labute approximate surface area is 182 Å². The number of aromatic nitrogens is 1. The summed E-state index contributed by atoms with van der Waals surface area (Å²) in [5.74, 6) is -0.149. The van der Waals surface area contributed by atoms with E-state index in [2.05, 4.69) is 5.16 Å². The van der Waals surface area contributed by atoms with E-state index in [4.69, 9.17) is 26.0 Å². The Morgan fingerprint density at radius 2 is 1.94 bits per heavy atom. The molecule has 0 saturated carbocycles. The maximum absolute atomic E-state index is 12.7. The molecule has 0 atom stereocenters. The van der Waals surface area contributed by atoms with Gasteiger partial charge in [0, 0.05) is 21.7 Å². The molecule has 0 aliphatic rings. The molecule has 31 heavy (non-hydrogen) atoms. The molecule has 160 valence electrons. The minimum Gasteiger partial charge on any atom is -0.487 e. The molecular formula is C21H13ClF3NO4S. The van der Waals surface area contributed by atoms with Gasteiger partial charge in [-0.2, -0.15) is 13.2 Å². The van der Waals surface area contributed by atoms with Gasteiger partial charge in [0.05, 0.1) is 17.0 Å². The number of halogens is 4. The van der Waals surface area contributed by atoms with Crippen molar-refractivity contribution in [1.82, 2.24) is 5.16 Å². The highest BCUT2D eigenvalue weighted by molar-refractivity contribution is 7.17. The number of thiophene rings is 1. The number of carbonyl (C=O) groups is 1. The first-order chi connectivity index (χ1) is 14.7. The minimum absolute atomic E-state index is 0.0549. The molecular weight excluding hydrogens is 455 g/mol. The predicted molar refractivity (Wildman–Crippen MR) is 109 cm³/mol. The van der Waals surface area contributed by atoms with Gasteiger partial charge in [0.2, 0.25) is 0 Å². The van der Waals surface area contributed by atoms with Crippen LogP contribution in [0.2, 0.25) is 5.02 Å². The van der Waals surface area contributed by atoms with Crippen LogP contribution in [0, 0.1) is 0 Å². The number of nitrogens with zero attached hydrogens (tertiary/aromatic N) is 1. The Balaban J connectivity index is 1.47. The van der Waals surface area contributed by atoms with Crippen molar-refractivity contribution in [1.29, 1.82) is 0 Å². The normalized spacial score (nSPS) is 11.7. The monoisotopic (exact) mass is 467 g/mol. The van der Waals surface area contributed by atoms with Crippen molar-refractivity contribution in [2.45, 2.75) is 19.2 Å². The number of carboxylic acid groups (broad SMARTS) is 1. The van der Waals surface area contributed by atoms with Crippen molar-refractivity contribution >= 4 is 39.0 Å². The number of hydrogen-bond donors (Lipinski definition) is 1. The van der Waals surface area contributed by atoms with Crippen molar-refractivity contribution in [2.24, 2.45) is 0 Å². The molecule has 4 aromatic rings. The van der Waals surface area contributed by atoms with Crippen molar-refractivity contribution in [3.8, 4) is 17.1 Å². The van der Waals surface area contributed by atoms with E-state index in [1.54, 1.807) is 23.6 Å². The Morgan fingerprint density at radius 3 is 2.61 bits per heavy atom. The maximum Gasteiger partial charge on any atom is 0.416 e. The van der Waals surface area contributed by atoms with Crippen LogP contribution in [0.25, 0.3) is 21.4 Å². The van der Waals surface area contributed by atoms with Crippen LogP contribution in [-0.2, 0) is 24.0 Å². The van der Waals surface area contributed by atoms with E-state index < -0.39 is 17.7 Å². The summed E-state index contributed by atoms with van der Waals surface area (Å²) in [6.45, 7) is 0.0549. The van der Waals surface area contributed by atoms with Crippen molar-refractivity contribution in [3.63, 3.8) is 0 Å². The number of ether oxygens (including phenoxy) is 1. The van der Waals surface area contributed by atoms with Gasteiger partial charge in [-0.3, -0.25) is 4.79 Å². The van der Waals surface area contributed by atoms with E-state index in [0.29, 0.717) is 38.7 Å². The van der Waals surface area contributed by atoms with Crippen LogP contribution in [0.15, 0.2) is 52.4 Å². The standard InChI is InChI=1S/C21H13ClF3NO4S/c22-16-7-15(8-18-20(16)12(10-31-18)5-19(27)28)29-9-14-6-17(30-26-14)11-1-3-13(4-2-11)21(23,24)25/h1-4,6-8,10H,5,9H2,(H,27,28). The fourth-order valence-electron chi connectivity index (χ4n) is 3.03. The van der Waals surface area contributed by atoms with Gasteiger partial charge in [0.15, 0.2) is 5.76 Å². The second-order valence-corrected chi connectivity index (χ2v) is 7.97. The first kappa shape index (κ1) is 21.2. The lowest BCUT2D eigenvalue weighted by atomic mass is 10.1. The van der Waals surface area contributed by atoms with Gasteiger partial charge < -0.3 is 14.4 Å². The van der Waals surface area contributed by atoms with Gasteiger partial charge in [0.1, 0.15) is 18.1 Å². The number of fused-ring (bicyclic) bond motifs is 1. The number of hydrogen-bond acceptors (Lipinski definition) is 5. The zero-order valence-electron chi connectivity index (χ0n) is 15.6. The third kappa shape index (κ3) is 4.67. The van der Waals surface area contributed by atoms with E-state index >= 15 is 0 Å². The summed E-state index contributed by atoms with van der Waals surface area (Å²) in [4.78, 5) is 11.0. The molecule has 0 radical (unpaired) electrons. The molecule has 0 amide bonds. The predicted octanol–water partition coefficient (Wildman–Crippen LogP) is 6.43. The fraction of sp³-hybridized carbons (Fsp3) is 0.143. The zero-order valence-corrected chi connectivity index (χ0v) is 17.1. The van der Waals surface area contributed by atoms with Gasteiger partial charge >= 0.3 is 12.1 Å². The molecule has 5 nitrogen and oxygen atoms in total. The van der Waals surface area contributed by atoms with Gasteiger partial charge in [-0.25, -0.2) is 0 Å². The molecule has 0 unspecified atom stereocenters. The lowest BCUT2D eigenvalue weighted by Crippen LogP contribution is -2.03. The van der Waals surface area contributed by atoms with E-state index in [9.17, 15) is 18.0 Å². The highest BCUT2D eigenvalue weighted by Gasteiger charge is 2.30. The average Bonchev–Trinajstić information content (AvgIpc) is 3.33. The Bertz CT molecular complexity index is 1250. The summed E-state index contributed by atoms with van der Waals surface area (Å²) in [7, 11) is 0. The number of alkyl halides is 3. The van der Waals surface area contributed by atoms with Crippen LogP contribution >= 0.6 is 22.9 Å². The van der Waals surface area contributed by atoms with Gasteiger partial charge in [-0.15, -0.1) is 11.3 Å². The summed E-state index contributed by atoms with van der Waals surface area (Å²) in [5, 5.41) is 15.7. The Morgan fingerprint density at radius 1 is 1.19 bits per heavy atom. The van der Waals surface area contributed by atoms with Crippen LogP contribution in [-0.4, -0.2) is 16.2 Å². The van der Waals surface area contributed by atoms with E-state index in [1.807, 2.05) is 0 Å². The van der Waals surface area contributed by atoms with Crippen LogP contribution < -0.4 is 4.74 Å². The molecule has 0 aliphatic carbocycles. The first-order valence-corrected chi connectivity index (χ1v) is 10.1. The van der Waals surface area contributed by atoms with E-state index in [0.717, 1.165) is 16.8 Å². The van der Waals surface area contributed by atoms with Gasteiger partial charge in [0.25, 0.3) is 0 Å². The summed E-state index contributed by atoms with van der Waals surface area (Å²) in [6.07, 6.45) is -4.52.